The van der Waals surface area contributed by atoms with Gasteiger partial charge in [0.1, 0.15) is 37.9 Å². The zero-order valence-electron chi connectivity index (χ0n) is 33.1. The number of ether oxygens (including phenoxy) is 4. The molecule has 0 spiro atoms. The maximum absolute atomic E-state index is 12.0. The lowest BCUT2D eigenvalue weighted by Crippen LogP contribution is -2.32. The van der Waals surface area contributed by atoms with Crippen LogP contribution in [-0.4, -0.2) is 38.4 Å². The molecule has 6 heteroatoms. The largest absolute Gasteiger partial charge is 0.490 e. The Morgan fingerprint density at radius 2 is 0.925 bits per heavy atom. The van der Waals surface area contributed by atoms with Crippen LogP contribution in [0.4, 0.5) is 0 Å². The molecule has 1 aliphatic carbocycles. The van der Waals surface area contributed by atoms with E-state index < -0.39 is 17.4 Å². The van der Waals surface area contributed by atoms with Crippen molar-refractivity contribution >= 4 is 11.9 Å². The number of benzene rings is 4. The van der Waals surface area contributed by atoms with Crippen LogP contribution in [0.25, 0.3) is 11.1 Å². The first-order chi connectivity index (χ1) is 24.9. The SMILES string of the molecule is C=C(C)C(=O)OCCOc1cc(C)c(C2(c3cc(C(C)(C)C)c(OCCOC(=O)C(=C)C)cc3C)c3ccccc3-c3ccccc32)cc1C(C)(C)C. The smallest absolute Gasteiger partial charge is 0.333 e. The number of aryl methyl sites for hydroxylation is 2. The molecule has 0 aromatic heterocycles. The summed E-state index contributed by atoms with van der Waals surface area (Å²) in [5.74, 6) is 0.680. The minimum atomic E-state index is -0.674. The lowest BCUT2D eigenvalue weighted by molar-refractivity contribution is -0.140. The molecule has 0 atom stereocenters. The molecule has 0 heterocycles. The molecule has 4 aromatic carbocycles. The summed E-state index contributed by atoms with van der Waals surface area (Å²) < 4.78 is 23.5. The highest BCUT2D eigenvalue weighted by molar-refractivity contribution is 5.88. The van der Waals surface area contributed by atoms with Crippen LogP contribution in [0.15, 0.2) is 97.1 Å². The summed E-state index contributed by atoms with van der Waals surface area (Å²) in [7, 11) is 0. The van der Waals surface area contributed by atoms with E-state index in [1.54, 1.807) is 13.8 Å². The zero-order valence-corrected chi connectivity index (χ0v) is 33.1. The molecule has 53 heavy (non-hydrogen) atoms. The first-order valence-electron chi connectivity index (χ1n) is 18.3. The van der Waals surface area contributed by atoms with Gasteiger partial charge in [0, 0.05) is 11.1 Å². The summed E-state index contributed by atoms with van der Waals surface area (Å²) >= 11 is 0. The Labute approximate surface area is 315 Å². The topological polar surface area (TPSA) is 71.1 Å². The van der Waals surface area contributed by atoms with Crippen molar-refractivity contribution in [3.05, 3.63) is 142 Å². The number of carbonyl (C=O) groups is 2. The van der Waals surface area contributed by atoms with E-state index in [9.17, 15) is 9.59 Å². The van der Waals surface area contributed by atoms with Crippen LogP contribution < -0.4 is 9.47 Å². The standard InChI is InChI=1S/C47H54O6/c1-29(2)43(48)52-23-21-50-41-25-31(5)37(27-39(41)45(7,8)9)47(35-19-15-13-17-33(35)34-18-14-16-20-36(34)47)38-28-40(46(10,11)12)42(26-32(38)6)51-22-24-53-44(49)30(3)4/h13-20,25-28H,1,3,21-24H2,2,4-12H3. The number of hydrogen-bond acceptors (Lipinski definition) is 6. The van der Waals surface area contributed by atoms with Gasteiger partial charge >= 0.3 is 11.9 Å². The molecule has 0 N–H and O–H groups in total. The fraction of sp³-hybridized carbons (Fsp3) is 0.362. The van der Waals surface area contributed by atoms with E-state index >= 15 is 0 Å². The summed E-state index contributed by atoms with van der Waals surface area (Å²) in [6.45, 7) is 28.8. The lowest BCUT2D eigenvalue weighted by atomic mass is 9.63. The van der Waals surface area contributed by atoms with Gasteiger partial charge in [-0.3, -0.25) is 0 Å². The van der Waals surface area contributed by atoms with E-state index in [1.807, 2.05) is 0 Å². The van der Waals surface area contributed by atoms with E-state index in [0.717, 1.165) is 33.8 Å². The van der Waals surface area contributed by atoms with Crippen LogP contribution in [0, 0.1) is 13.8 Å². The first-order valence-corrected chi connectivity index (χ1v) is 18.3. The van der Waals surface area contributed by atoms with Gasteiger partial charge in [-0.1, -0.05) is 103 Å². The van der Waals surface area contributed by atoms with Gasteiger partial charge in [0.2, 0.25) is 0 Å². The Balaban J connectivity index is 1.74. The predicted molar refractivity (Wildman–Crippen MR) is 213 cm³/mol. The molecule has 0 radical (unpaired) electrons. The van der Waals surface area contributed by atoms with Gasteiger partial charge < -0.3 is 18.9 Å². The van der Waals surface area contributed by atoms with Crippen molar-refractivity contribution in [3.63, 3.8) is 0 Å². The Kier molecular flexibility index (Phi) is 11.1. The van der Waals surface area contributed by atoms with Gasteiger partial charge in [-0.15, -0.1) is 0 Å². The van der Waals surface area contributed by atoms with Gasteiger partial charge in [-0.05, 0) is 118 Å². The van der Waals surface area contributed by atoms with E-state index in [-0.39, 0.29) is 37.3 Å². The molecule has 4 aromatic rings. The average Bonchev–Trinajstić information content (AvgIpc) is 3.38. The van der Waals surface area contributed by atoms with E-state index in [1.165, 1.54) is 33.4 Å². The van der Waals surface area contributed by atoms with Crippen molar-refractivity contribution in [1.82, 2.24) is 0 Å². The molecule has 0 unspecified atom stereocenters. The second-order valence-electron chi connectivity index (χ2n) is 16.2. The summed E-state index contributed by atoms with van der Waals surface area (Å²) in [5.41, 5.74) is 10.9. The average molecular weight is 715 g/mol. The van der Waals surface area contributed by atoms with Crippen molar-refractivity contribution in [1.29, 1.82) is 0 Å². The summed E-state index contributed by atoms with van der Waals surface area (Å²) in [6.07, 6.45) is 0. The highest BCUT2D eigenvalue weighted by atomic mass is 16.6. The summed E-state index contributed by atoms with van der Waals surface area (Å²) in [6, 6.07) is 26.4. The normalized spacial score (nSPS) is 13.1. The fourth-order valence-corrected chi connectivity index (χ4v) is 7.36. The van der Waals surface area contributed by atoms with E-state index in [0.29, 0.717) is 11.1 Å². The zero-order chi connectivity index (χ0) is 38.9. The highest BCUT2D eigenvalue weighted by Crippen LogP contribution is 2.59. The van der Waals surface area contributed by atoms with Gasteiger partial charge in [0.25, 0.3) is 0 Å². The van der Waals surface area contributed by atoms with Crippen LogP contribution >= 0.6 is 0 Å². The highest BCUT2D eigenvalue weighted by Gasteiger charge is 2.48. The van der Waals surface area contributed by atoms with Crippen LogP contribution in [-0.2, 0) is 35.3 Å². The molecule has 5 rings (SSSR count). The minimum absolute atomic E-state index is 0.125. The molecular formula is C47H54O6. The van der Waals surface area contributed by atoms with Crippen LogP contribution in [0.2, 0.25) is 0 Å². The van der Waals surface area contributed by atoms with Crippen LogP contribution in [0.1, 0.15) is 99.9 Å². The molecule has 6 nitrogen and oxygen atoms in total. The Morgan fingerprint density at radius 3 is 1.26 bits per heavy atom. The molecule has 278 valence electrons. The van der Waals surface area contributed by atoms with Crippen molar-refractivity contribution < 1.29 is 28.5 Å². The maximum atomic E-state index is 12.0. The quantitative estimate of drug-likeness (QED) is 0.0728. The molecule has 1 aliphatic rings. The molecule has 0 bridgehead atoms. The van der Waals surface area contributed by atoms with E-state index in [4.69, 9.17) is 18.9 Å². The maximum Gasteiger partial charge on any atom is 0.333 e. The van der Waals surface area contributed by atoms with Crippen molar-refractivity contribution in [2.24, 2.45) is 0 Å². The molecule has 0 saturated heterocycles. The van der Waals surface area contributed by atoms with Crippen molar-refractivity contribution in [3.8, 4) is 22.6 Å². The number of rotatable bonds is 12. The number of fused-ring (bicyclic) bond motifs is 3. The number of esters is 2. The minimum Gasteiger partial charge on any atom is -0.490 e. The number of carbonyl (C=O) groups excluding carboxylic acids is 2. The van der Waals surface area contributed by atoms with Crippen molar-refractivity contribution in [2.45, 2.75) is 85.5 Å². The summed E-state index contributed by atoms with van der Waals surface area (Å²) in [5, 5.41) is 0. The molecule has 0 fully saturated rings. The van der Waals surface area contributed by atoms with Crippen molar-refractivity contribution in [2.75, 3.05) is 26.4 Å². The second kappa shape index (κ2) is 15.1. The Morgan fingerprint density at radius 1 is 0.566 bits per heavy atom. The van der Waals surface area contributed by atoms with Crippen LogP contribution in [0.3, 0.4) is 0 Å². The molecule has 0 saturated carbocycles. The number of hydrogen-bond donors (Lipinski definition) is 0. The molecular weight excluding hydrogens is 661 g/mol. The second-order valence-corrected chi connectivity index (χ2v) is 16.2. The van der Waals surface area contributed by atoms with Gasteiger partial charge in [-0.25, -0.2) is 9.59 Å². The predicted octanol–water partition coefficient (Wildman–Crippen LogP) is 10.3. The molecule has 0 aliphatic heterocycles. The van der Waals surface area contributed by atoms with Gasteiger partial charge in [0.05, 0.1) is 5.41 Å². The summed E-state index contributed by atoms with van der Waals surface area (Å²) in [4.78, 5) is 24.1. The molecule has 0 amide bonds. The first kappa shape index (κ1) is 39.1. The Hall–Kier alpha value is -5.10. The third-order valence-electron chi connectivity index (χ3n) is 9.87. The third-order valence-corrected chi connectivity index (χ3v) is 9.87. The van der Waals surface area contributed by atoms with Gasteiger partial charge in [-0.2, -0.15) is 0 Å². The van der Waals surface area contributed by atoms with Crippen LogP contribution in [0.5, 0.6) is 11.5 Å². The van der Waals surface area contributed by atoms with E-state index in [2.05, 4.69) is 141 Å². The lowest BCUT2D eigenvalue weighted by Gasteiger charge is -2.39. The third kappa shape index (κ3) is 7.69. The Bertz CT molecular complexity index is 1920. The van der Waals surface area contributed by atoms with Gasteiger partial charge in [0.15, 0.2) is 0 Å². The fourth-order valence-electron chi connectivity index (χ4n) is 7.36. The monoisotopic (exact) mass is 714 g/mol.